The lowest BCUT2D eigenvalue weighted by atomic mass is 9.67. The highest BCUT2D eigenvalue weighted by Gasteiger charge is 2.59. The molecule has 22 nitrogen and oxygen atoms in total. The van der Waals surface area contributed by atoms with Crippen LogP contribution in [0.25, 0.3) is 10.9 Å². The van der Waals surface area contributed by atoms with Gasteiger partial charge in [-0.05, 0) is 172 Å². The average Bonchev–Trinajstić information content (AvgIpc) is 1.57. The molecular formula is C86H135N5O17S. The molecule has 0 radical (unpaired) electrons. The highest BCUT2D eigenvalue weighted by Crippen LogP contribution is 2.67. The molecule has 13 atom stereocenters. The van der Waals surface area contributed by atoms with Crippen molar-refractivity contribution in [3.05, 3.63) is 162 Å². The number of aromatic nitrogens is 1. The summed E-state index contributed by atoms with van der Waals surface area (Å²) in [5.41, 5.74) is 6.23. The van der Waals surface area contributed by atoms with Crippen LogP contribution in [0.5, 0.6) is 17.2 Å². The number of phenols is 2. The van der Waals surface area contributed by atoms with Gasteiger partial charge in [0, 0.05) is 62.1 Å². The fourth-order valence-corrected chi connectivity index (χ4v) is 12.6. The van der Waals surface area contributed by atoms with Crippen LogP contribution >= 0.6 is 12.6 Å². The molecule has 4 fully saturated rings. The molecule has 0 amide bonds. The van der Waals surface area contributed by atoms with Crippen LogP contribution in [0.3, 0.4) is 0 Å². The number of aliphatic carboxylic acids is 4. The molecule has 109 heavy (non-hydrogen) atoms. The van der Waals surface area contributed by atoms with Crippen LogP contribution in [0.4, 0.5) is 0 Å². The highest BCUT2D eigenvalue weighted by molar-refractivity contribution is 7.80. The monoisotopic (exact) mass is 1540 g/mol. The van der Waals surface area contributed by atoms with Crippen molar-refractivity contribution in [2.75, 3.05) is 51.8 Å². The smallest absolute Gasteiger partial charge is 0.321 e. The Bertz CT molecular complexity index is 3360. The second-order valence-electron chi connectivity index (χ2n) is 28.8. The molecule has 2 aliphatic heterocycles. The molecule has 13 unspecified atom stereocenters. The summed E-state index contributed by atoms with van der Waals surface area (Å²) in [6, 6.07) is 38.9. The minimum atomic E-state index is -1.03. The summed E-state index contributed by atoms with van der Waals surface area (Å²) in [6.45, 7) is 29.8. The Kier molecular flexibility index (Phi) is 49.7. The number of thiol groups is 1. The third kappa shape index (κ3) is 39.1. The number of carboxylic acid groups (broad SMARTS) is 4. The number of aromatic hydroxyl groups is 2. The maximum atomic E-state index is 11.3. The number of hydrogen-bond donors (Lipinski definition) is 16. The molecule has 3 heterocycles. The van der Waals surface area contributed by atoms with Gasteiger partial charge in [0.1, 0.15) is 29.9 Å². The van der Waals surface area contributed by atoms with Gasteiger partial charge in [0.05, 0.1) is 49.8 Å². The summed E-state index contributed by atoms with van der Waals surface area (Å²) < 4.78 is 15.5. The quantitative estimate of drug-likeness (QED) is 0.0103. The fraction of sp³-hybridized carbons (Fsp3) is 0.581. The van der Waals surface area contributed by atoms with Gasteiger partial charge in [-0.15, -0.1) is 0 Å². The van der Waals surface area contributed by atoms with Crippen molar-refractivity contribution in [2.45, 2.75) is 247 Å². The van der Waals surface area contributed by atoms with Crippen LogP contribution in [0, 0.1) is 22.7 Å². The van der Waals surface area contributed by atoms with E-state index in [1.165, 1.54) is 62.6 Å². The lowest BCUT2D eigenvalue weighted by Gasteiger charge is -2.37. The number of nitrogens with one attached hydrogen (secondary N) is 5. The molecule has 5 aromatic carbocycles. The van der Waals surface area contributed by atoms with Gasteiger partial charge < -0.3 is 91.5 Å². The molecule has 2 bridgehead atoms. The molecule has 0 spiro atoms. The van der Waals surface area contributed by atoms with Crippen molar-refractivity contribution >= 4 is 47.4 Å². The van der Waals surface area contributed by atoms with Crippen LogP contribution in [0.1, 0.15) is 182 Å². The lowest BCUT2D eigenvalue weighted by molar-refractivity contribution is -0.140. The minimum Gasteiger partial charge on any atom is -0.504 e. The molecule has 23 heteroatoms. The van der Waals surface area contributed by atoms with Gasteiger partial charge in [-0.25, -0.2) is 0 Å². The van der Waals surface area contributed by atoms with Gasteiger partial charge in [0.15, 0.2) is 11.5 Å². The lowest BCUT2D eigenvalue weighted by Crippen LogP contribution is -2.42. The Balaban J connectivity index is 0.000000427. The van der Waals surface area contributed by atoms with Crippen LogP contribution in [0.2, 0.25) is 0 Å². The molecule has 15 N–H and O–H groups in total. The molecule has 1 aromatic heterocycles. The number of aryl methyl sites for hydroxylation is 1. The maximum absolute atomic E-state index is 11.3. The third-order valence-corrected chi connectivity index (χ3v) is 20.9. The van der Waals surface area contributed by atoms with Crippen LogP contribution < -0.4 is 26.0 Å². The number of para-hydroxylation sites is 2. The number of epoxide rings is 1. The Hall–Kier alpha value is -7.13. The number of benzene rings is 5. The van der Waals surface area contributed by atoms with Crippen molar-refractivity contribution in [3.8, 4) is 17.2 Å². The number of ether oxygens (including phenoxy) is 3. The van der Waals surface area contributed by atoms with E-state index in [2.05, 4.69) is 119 Å². The van der Waals surface area contributed by atoms with Gasteiger partial charge >= 0.3 is 23.9 Å². The second-order valence-corrected chi connectivity index (χ2v) is 29.2. The maximum Gasteiger partial charge on any atom is 0.321 e. The number of phenolic OH excluding ortho intramolecular Hbond substituents is 2. The van der Waals surface area contributed by atoms with Gasteiger partial charge in [-0.1, -0.05) is 186 Å². The van der Waals surface area contributed by atoms with E-state index in [0.717, 1.165) is 72.3 Å². The van der Waals surface area contributed by atoms with Crippen molar-refractivity contribution < 1.29 is 84.5 Å². The highest BCUT2D eigenvalue weighted by atomic mass is 32.1. The second kappa shape index (κ2) is 55.3. The zero-order valence-corrected chi connectivity index (χ0v) is 67.8. The van der Waals surface area contributed by atoms with Crippen molar-refractivity contribution in [3.63, 3.8) is 0 Å². The Morgan fingerprint density at radius 3 is 1.35 bits per heavy atom. The van der Waals surface area contributed by atoms with E-state index < -0.39 is 72.5 Å². The number of H-pyrrole nitrogens is 1. The van der Waals surface area contributed by atoms with E-state index in [4.69, 9.17) is 34.6 Å². The van der Waals surface area contributed by atoms with Crippen molar-refractivity contribution in [1.29, 1.82) is 0 Å². The number of carbonyl (C=O) groups is 4. The predicted molar refractivity (Wildman–Crippen MR) is 438 cm³/mol. The van der Waals surface area contributed by atoms with Crippen molar-refractivity contribution in [2.24, 2.45) is 22.7 Å². The zero-order chi connectivity index (χ0) is 81.3. The first-order valence-electron chi connectivity index (χ1n) is 39.2. The third-order valence-electron chi connectivity index (χ3n) is 20.6. The van der Waals surface area contributed by atoms with E-state index in [9.17, 15) is 49.8 Å². The van der Waals surface area contributed by atoms with Crippen LogP contribution in [0.15, 0.2) is 140 Å². The molecule has 2 aliphatic carbocycles. The van der Waals surface area contributed by atoms with Crippen LogP contribution in [-0.2, 0) is 54.3 Å². The minimum absolute atomic E-state index is 0.152. The summed E-state index contributed by atoms with van der Waals surface area (Å²) in [7, 11) is 0. The Morgan fingerprint density at radius 2 is 1.00 bits per heavy atom. The molecule has 2 saturated heterocycles. The van der Waals surface area contributed by atoms with E-state index in [1.807, 2.05) is 118 Å². The molecule has 10 rings (SSSR count). The Labute approximate surface area is 655 Å². The number of hydrogen-bond acceptors (Lipinski definition) is 18. The molecule has 4 aliphatic rings. The van der Waals surface area contributed by atoms with E-state index >= 15 is 0 Å². The topological polar surface area (TPSA) is 365 Å². The normalized spacial score (nSPS) is 19.5. The number of aliphatic hydroxyl groups is 4. The summed E-state index contributed by atoms with van der Waals surface area (Å²) in [4.78, 5) is 47.0. The molecule has 612 valence electrons. The summed E-state index contributed by atoms with van der Waals surface area (Å²) in [5, 5.41) is 104. The standard InChI is InChI=1S/C15H20N2O3.C13H19NO5.C13H19NO3.C11H20.C9H12O.C8H10.C7H15NO3S.C6H12O.C4H8O/c1-2-11(18)9-17-14(15(19)20)7-10-8-16-13-6-4-3-5-12(10)13;1-2-9(15)7-14-10(13(18)19)5-8-3-4-11(16)12(17)6-8;1-2-11(15)9-14-12(13(16)17)8-10-6-4-3-5-7-10;1-8-7-9-5-6-11(8,4)10(9,2)3;1-2-8-10-9-6-4-3-5-7-9;1-2-8-6-4-3-5-7-8;1-2-5(9)3-8-6(4-12)7(10)11;1-2-6-4-3-5-7-6;1-2-4-3-5-4/h3-6,8,11,14,16-18H,2,7,9H2,1H3,(H,19,20);3-4,6,9-10,14-17H,2,5,7H2,1H3,(H,18,19);3-7,11-12,14-15H,2,8-9H2,1H3,(H,16,17);8-9H,5-7H2,1-4H3;3-7H,2,8H2,1H3;3-7H,2H2,1H3;5-6,8-9,12H,2-4H2,1H3,(H,10,11);6H,2-5H2,1H3;4H,2-3H2,1H3. The van der Waals surface area contributed by atoms with Gasteiger partial charge in [0.25, 0.3) is 0 Å². The largest absolute Gasteiger partial charge is 0.504 e. The van der Waals surface area contributed by atoms with Gasteiger partial charge in [-0.2, -0.15) is 12.6 Å². The first-order chi connectivity index (χ1) is 52.0. The number of aliphatic hydroxyl groups excluding tert-OH is 4. The average molecular weight is 1540 g/mol. The first kappa shape index (κ1) is 97.9. The number of fused-ring (bicyclic) bond motifs is 3. The summed E-state index contributed by atoms with van der Waals surface area (Å²) >= 11 is 3.86. The van der Waals surface area contributed by atoms with Gasteiger partial charge in [0.2, 0.25) is 0 Å². The predicted octanol–water partition coefficient (Wildman–Crippen LogP) is 13.3. The number of aromatic amines is 1. The SMILES string of the molecule is CC1CC2CCC1(C)C2(C)C.CCC(O)CNC(CS)C(=O)O.CCC(O)CNC(Cc1c[nH]c2ccccc12)C(=O)O.CCC(O)CNC(Cc1ccc(O)c(O)c1)C(=O)O.CCC(O)CNC(Cc1ccccc1)C(=O)O.CCC1CCCO1.CCC1CO1.CCCOc1ccccc1.CCc1ccccc1. The van der Waals surface area contributed by atoms with Crippen molar-refractivity contribution in [1.82, 2.24) is 26.3 Å². The Morgan fingerprint density at radius 1 is 0.550 bits per heavy atom. The van der Waals surface area contributed by atoms with E-state index in [1.54, 1.807) is 13.0 Å². The number of carboxylic acids is 4. The van der Waals surface area contributed by atoms with Crippen LogP contribution in [-0.4, -0.2) is 192 Å². The first-order valence-corrected chi connectivity index (χ1v) is 39.9. The molecule has 6 aromatic rings. The molecular weight excluding hydrogens is 1410 g/mol. The summed E-state index contributed by atoms with van der Waals surface area (Å²) in [6.07, 6.45) is 16.0. The molecule has 2 saturated carbocycles. The van der Waals surface area contributed by atoms with E-state index in [0.29, 0.717) is 80.2 Å². The fourth-order valence-electron chi connectivity index (χ4n) is 12.3. The number of rotatable bonds is 33. The van der Waals surface area contributed by atoms with E-state index in [-0.39, 0.29) is 36.8 Å². The zero-order valence-electron chi connectivity index (χ0n) is 67.0. The summed E-state index contributed by atoms with van der Waals surface area (Å²) in [5.74, 6) is -1.10. The van der Waals surface area contributed by atoms with Gasteiger partial charge in [-0.3, -0.25) is 19.2 Å².